The number of hydrogen-bond donors (Lipinski definition) is 3. The molecule has 1 aromatic heterocycles. The molecule has 0 bridgehead atoms. The minimum Gasteiger partial charge on any atom is -0.388 e. The Labute approximate surface area is 128 Å². The van der Waals surface area contributed by atoms with Gasteiger partial charge in [0.25, 0.3) is 0 Å². The number of nitrogens with one attached hydrogen (secondary N) is 2. The maximum absolute atomic E-state index is 12.0. The summed E-state index contributed by atoms with van der Waals surface area (Å²) in [6.07, 6.45) is 3.02. The normalized spacial score (nSPS) is 14.7. The first-order valence-corrected chi connectivity index (χ1v) is 8.32. The summed E-state index contributed by atoms with van der Waals surface area (Å²) in [5, 5.41) is 2.68. The number of sulfonamides is 1. The SMILES string of the molecule is NC(=S)c1ccc(S(=O)(=O)NCCNC(=O)C2CC2)cn1. The van der Waals surface area contributed by atoms with E-state index in [0.717, 1.165) is 12.8 Å². The number of rotatable bonds is 7. The van der Waals surface area contributed by atoms with Crippen LogP contribution in [0, 0.1) is 5.92 Å². The zero-order valence-corrected chi connectivity index (χ0v) is 12.8. The lowest BCUT2D eigenvalue weighted by Gasteiger charge is -2.08. The molecule has 1 fully saturated rings. The first-order valence-electron chi connectivity index (χ1n) is 6.43. The maximum atomic E-state index is 12.0. The molecule has 4 N–H and O–H groups in total. The van der Waals surface area contributed by atoms with Crippen molar-refractivity contribution in [3.63, 3.8) is 0 Å². The van der Waals surface area contributed by atoms with Crippen LogP contribution >= 0.6 is 12.2 Å². The second-order valence-corrected chi connectivity index (χ2v) is 6.91. The Bertz CT molecular complexity index is 639. The van der Waals surface area contributed by atoms with Gasteiger partial charge in [-0.3, -0.25) is 9.78 Å². The van der Waals surface area contributed by atoms with Gasteiger partial charge in [-0.05, 0) is 25.0 Å². The van der Waals surface area contributed by atoms with Crippen LogP contribution < -0.4 is 15.8 Å². The summed E-state index contributed by atoms with van der Waals surface area (Å²) < 4.78 is 26.3. The minimum absolute atomic E-state index is 0.0170. The molecule has 0 unspecified atom stereocenters. The Hall–Kier alpha value is -1.58. The lowest BCUT2D eigenvalue weighted by atomic mass is 10.3. The number of nitrogens with two attached hydrogens (primary N) is 1. The summed E-state index contributed by atoms with van der Waals surface area (Å²) in [5.74, 6) is 0.0927. The van der Waals surface area contributed by atoms with Gasteiger partial charge in [0.2, 0.25) is 15.9 Å². The van der Waals surface area contributed by atoms with Gasteiger partial charge in [-0.1, -0.05) is 12.2 Å². The Morgan fingerprint density at radius 2 is 2.10 bits per heavy atom. The Kier molecular flexibility index (Phi) is 4.86. The average molecular weight is 328 g/mol. The highest BCUT2D eigenvalue weighted by molar-refractivity contribution is 7.89. The van der Waals surface area contributed by atoms with Gasteiger partial charge in [0.15, 0.2) is 0 Å². The molecule has 1 amide bonds. The van der Waals surface area contributed by atoms with E-state index >= 15 is 0 Å². The number of amides is 1. The molecule has 0 atom stereocenters. The highest BCUT2D eigenvalue weighted by atomic mass is 32.2. The Balaban J connectivity index is 1.85. The fourth-order valence-electron chi connectivity index (χ4n) is 1.63. The molecule has 0 radical (unpaired) electrons. The van der Waals surface area contributed by atoms with Crippen LogP contribution in [0.1, 0.15) is 18.5 Å². The van der Waals surface area contributed by atoms with Crippen molar-refractivity contribution in [1.82, 2.24) is 15.0 Å². The van der Waals surface area contributed by atoms with Crippen molar-refractivity contribution in [2.24, 2.45) is 11.7 Å². The van der Waals surface area contributed by atoms with Crippen LogP contribution in [0.5, 0.6) is 0 Å². The van der Waals surface area contributed by atoms with Crippen LogP contribution in [0.2, 0.25) is 0 Å². The molecule has 1 aromatic rings. The molecular weight excluding hydrogens is 312 g/mol. The van der Waals surface area contributed by atoms with Crippen LogP contribution in [0.3, 0.4) is 0 Å². The number of aromatic nitrogens is 1. The topological polar surface area (TPSA) is 114 Å². The lowest BCUT2D eigenvalue weighted by molar-refractivity contribution is -0.122. The second kappa shape index (κ2) is 6.46. The molecule has 2 rings (SSSR count). The number of carbonyl (C=O) groups excluding carboxylic acids is 1. The quantitative estimate of drug-likeness (QED) is 0.460. The first kappa shape index (κ1) is 15.8. The predicted octanol–water partition coefficient (Wildman–Crippen LogP) is -0.480. The molecule has 1 aliphatic carbocycles. The lowest BCUT2D eigenvalue weighted by Crippen LogP contribution is -2.35. The van der Waals surface area contributed by atoms with Gasteiger partial charge < -0.3 is 11.1 Å². The molecule has 21 heavy (non-hydrogen) atoms. The number of thiocarbonyl (C=S) groups is 1. The summed E-state index contributed by atoms with van der Waals surface area (Å²) in [4.78, 5) is 15.4. The van der Waals surface area contributed by atoms with Crippen molar-refractivity contribution in [2.75, 3.05) is 13.1 Å². The van der Waals surface area contributed by atoms with E-state index in [9.17, 15) is 13.2 Å². The molecule has 0 aromatic carbocycles. The third-order valence-corrected chi connectivity index (χ3v) is 4.62. The van der Waals surface area contributed by atoms with Gasteiger partial charge in [-0.25, -0.2) is 13.1 Å². The number of pyridine rings is 1. The van der Waals surface area contributed by atoms with E-state index < -0.39 is 10.0 Å². The summed E-state index contributed by atoms with van der Waals surface area (Å²) >= 11 is 4.74. The van der Waals surface area contributed by atoms with Gasteiger partial charge in [0.1, 0.15) is 9.88 Å². The van der Waals surface area contributed by atoms with Crippen LogP contribution in [-0.2, 0) is 14.8 Å². The molecule has 0 aliphatic heterocycles. The van der Waals surface area contributed by atoms with Crippen LogP contribution in [0.15, 0.2) is 23.2 Å². The van der Waals surface area contributed by atoms with E-state index in [-0.39, 0.29) is 34.8 Å². The molecule has 9 heteroatoms. The monoisotopic (exact) mass is 328 g/mol. The molecular formula is C12H16N4O3S2. The largest absolute Gasteiger partial charge is 0.388 e. The second-order valence-electron chi connectivity index (χ2n) is 4.71. The van der Waals surface area contributed by atoms with Gasteiger partial charge in [-0.15, -0.1) is 0 Å². The first-order chi connectivity index (χ1) is 9.90. The van der Waals surface area contributed by atoms with Gasteiger partial charge in [0.05, 0.1) is 5.69 Å². The van der Waals surface area contributed by atoms with E-state index in [1.807, 2.05) is 0 Å². The van der Waals surface area contributed by atoms with E-state index in [0.29, 0.717) is 5.69 Å². The molecule has 114 valence electrons. The fraction of sp³-hybridized carbons (Fsp3) is 0.417. The number of nitrogens with zero attached hydrogens (tertiary/aromatic N) is 1. The summed E-state index contributed by atoms with van der Waals surface area (Å²) in [7, 11) is -3.65. The fourth-order valence-corrected chi connectivity index (χ4v) is 2.73. The van der Waals surface area contributed by atoms with Gasteiger partial charge in [-0.2, -0.15) is 0 Å². The molecule has 7 nitrogen and oxygen atoms in total. The average Bonchev–Trinajstić information content (AvgIpc) is 3.28. The van der Waals surface area contributed by atoms with Crippen molar-refractivity contribution >= 4 is 33.1 Å². The number of carbonyl (C=O) groups is 1. The van der Waals surface area contributed by atoms with Crippen molar-refractivity contribution in [2.45, 2.75) is 17.7 Å². The van der Waals surface area contributed by atoms with E-state index in [2.05, 4.69) is 15.0 Å². The zero-order chi connectivity index (χ0) is 15.5. The molecule has 1 saturated carbocycles. The smallest absolute Gasteiger partial charge is 0.242 e. The Morgan fingerprint density at radius 3 is 2.62 bits per heavy atom. The van der Waals surface area contributed by atoms with Crippen molar-refractivity contribution < 1.29 is 13.2 Å². The minimum atomic E-state index is -3.65. The van der Waals surface area contributed by atoms with Gasteiger partial charge in [0, 0.05) is 25.2 Å². The molecule has 0 spiro atoms. The van der Waals surface area contributed by atoms with Crippen molar-refractivity contribution in [1.29, 1.82) is 0 Å². The number of hydrogen-bond acceptors (Lipinski definition) is 5. The van der Waals surface area contributed by atoms with Crippen LogP contribution in [-0.4, -0.2) is 37.4 Å². The maximum Gasteiger partial charge on any atom is 0.242 e. The third-order valence-electron chi connectivity index (χ3n) is 2.96. The highest BCUT2D eigenvalue weighted by Crippen LogP contribution is 2.28. The van der Waals surface area contributed by atoms with Gasteiger partial charge >= 0.3 is 0 Å². The molecule has 1 aliphatic rings. The van der Waals surface area contributed by atoms with E-state index in [4.69, 9.17) is 18.0 Å². The Morgan fingerprint density at radius 1 is 1.38 bits per heavy atom. The van der Waals surface area contributed by atoms with Crippen molar-refractivity contribution in [3.05, 3.63) is 24.0 Å². The summed E-state index contributed by atoms with van der Waals surface area (Å²) in [6, 6.07) is 2.83. The molecule has 0 saturated heterocycles. The molecule has 1 heterocycles. The highest BCUT2D eigenvalue weighted by Gasteiger charge is 2.29. The zero-order valence-electron chi connectivity index (χ0n) is 11.2. The van der Waals surface area contributed by atoms with Crippen LogP contribution in [0.25, 0.3) is 0 Å². The van der Waals surface area contributed by atoms with E-state index in [1.165, 1.54) is 18.3 Å². The van der Waals surface area contributed by atoms with Crippen molar-refractivity contribution in [3.8, 4) is 0 Å². The van der Waals surface area contributed by atoms with E-state index in [1.54, 1.807) is 0 Å². The summed E-state index contributed by atoms with van der Waals surface area (Å²) in [5.41, 5.74) is 5.75. The summed E-state index contributed by atoms with van der Waals surface area (Å²) in [6.45, 7) is 0.380. The predicted molar refractivity (Wildman–Crippen MR) is 81.0 cm³/mol. The van der Waals surface area contributed by atoms with Crippen LogP contribution in [0.4, 0.5) is 0 Å². The standard InChI is InChI=1S/C12H16N4O3S2/c13-11(20)10-4-3-9(7-15-10)21(18,19)16-6-5-14-12(17)8-1-2-8/h3-4,7-8,16H,1-2,5-6H2,(H2,13,20)(H,14,17). The third kappa shape index (κ3) is 4.45.